The maximum absolute atomic E-state index is 13.2. The lowest BCUT2D eigenvalue weighted by molar-refractivity contribution is -0.118. The molecule has 0 saturated carbocycles. The SMILES string of the molecule is CCNC(=O)c1sc2c(c1C)c(=O)n(CC(N)=O)c(=O)n2CCc1ccccc1OC(C)C. The Morgan fingerprint density at radius 1 is 1.18 bits per heavy atom. The van der Waals surface area contributed by atoms with Crippen LogP contribution in [0.15, 0.2) is 33.9 Å². The van der Waals surface area contributed by atoms with Crippen LogP contribution in [0.2, 0.25) is 0 Å². The van der Waals surface area contributed by atoms with E-state index in [2.05, 4.69) is 5.32 Å². The number of benzene rings is 1. The Bertz CT molecular complexity index is 1320. The van der Waals surface area contributed by atoms with Gasteiger partial charge in [-0.05, 0) is 51.3 Å². The van der Waals surface area contributed by atoms with E-state index in [1.165, 1.54) is 4.57 Å². The van der Waals surface area contributed by atoms with Gasteiger partial charge in [-0.2, -0.15) is 0 Å². The fourth-order valence-corrected chi connectivity index (χ4v) is 4.89. The lowest BCUT2D eigenvalue weighted by atomic mass is 10.1. The number of aryl methyl sites for hydroxylation is 3. The molecule has 10 heteroatoms. The number of fused-ring (bicyclic) bond motifs is 1. The van der Waals surface area contributed by atoms with Crippen LogP contribution >= 0.6 is 11.3 Å². The summed E-state index contributed by atoms with van der Waals surface area (Å²) in [5.74, 6) is -0.396. The number of ether oxygens (including phenoxy) is 1. The highest BCUT2D eigenvalue weighted by molar-refractivity contribution is 7.20. The van der Waals surface area contributed by atoms with Crippen LogP contribution in [0.25, 0.3) is 10.2 Å². The van der Waals surface area contributed by atoms with Crippen LogP contribution in [0.3, 0.4) is 0 Å². The zero-order valence-electron chi connectivity index (χ0n) is 19.1. The van der Waals surface area contributed by atoms with E-state index < -0.39 is 23.7 Å². The molecule has 0 unspecified atom stereocenters. The molecule has 3 aromatic rings. The van der Waals surface area contributed by atoms with Crippen molar-refractivity contribution in [3.05, 3.63) is 61.1 Å². The second-order valence-corrected chi connectivity index (χ2v) is 8.91. The zero-order valence-corrected chi connectivity index (χ0v) is 20.0. The molecule has 0 aliphatic carbocycles. The first-order chi connectivity index (χ1) is 15.6. The topological polar surface area (TPSA) is 125 Å². The highest BCUT2D eigenvalue weighted by Crippen LogP contribution is 2.28. The Balaban J connectivity index is 2.17. The molecule has 0 saturated heterocycles. The van der Waals surface area contributed by atoms with E-state index in [-0.39, 0.29) is 23.9 Å². The summed E-state index contributed by atoms with van der Waals surface area (Å²) < 4.78 is 8.15. The minimum absolute atomic E-state index is 0.0161. The molecule has 9 nitrogen and oxygen atoms in total. The first-order valence-corrected chi connectivity index (χ1v) is 11.5. The largest absolute Gasteiger partial charge is 0.491 e. The van der Waals surface area contributed by atoms with Gasteiger partial charge in [-0.3, -0.25) is 23.5 Å². The van der Waals surface area contributed by atoms with E-state index in [1.54, 1.807) is 13.8 Å². The Morgan fingerprint density at radius 2 is 1.88 bits per heavy atom. The van der Waals surface area contributed by atoms with E-state index in [0.29, 0.717) is 34.0 Å². The standard InChI is InChI=1S/C23H28N4O5S/c1-5-25-20(29)19-14(4)18-21(30)27(12-17(24)28)23(31)26(22(18)33-19)11-10-15-8-6-7-9-16(15)32-13(2)3/h6-9,13H,5,10-12H2,1-4H3,(H2,24,28)(H,25,29). The molecule has 2 amide bonds. The van der Waals surface area contributed by atoms with Gasteiger partial charge in [0.05, 0.1) is 16.4 Å². The molecule has 1 aromatic carbocycles. The summed E-state index contributed by atoms with van der Waals surface area (Å²) in [6, 6.07) is 7.54. The molecular weight excluding hydrogens is 444 g/mol. The summed E-state index contributed by atoms with van der Waals surface area (Å²) in [5, 5.41) is 2.98. The normalized spacial score (nSPS) is 11.2. The van der Waals surface area contributed by atoms with Crippen molar-refractivity contribution < 1.29 is 14.3 Å². The number of para-hydroxylation sites is 1. The van der Waals surface area contributed by atoms with Gasteiger partial charge in [0.1, 0.15) is 17.1 Å². The first-order valence-electron chi connectivity index (χ1n) is 10.7. The Labute approximate surface area is 194 Å². The van der Waals surface area contributed by atoms with E-state index in [1.807, 2.05) is 38.1 Å². The molecule has 3 N–H and O–H groups in total. The number of thiophene rings is 1. The van der Waals surface area contributed by atoms with Gasteiger partial charge >= 0.3 is 5.69 Å². The minimum atomic E-state index is -0.799. The van der Waals surface area contributed by atoms with Gasteiger partial charge in [-0.25, -0.2) is 4.79 Å². The molecule has 2 aromatic heterocycles. The molecule has 176 valence electrons. The Morgan fingerprint density at radius 3 is 2.52 bits per heavy atom. The zero-order chi connectivity index (χ0) is 24.3. The highest BCUT2D eigenvalue weighted by atomic mass is 32.1. The summed E-state index contributed by atoms with van der Waals surface area (Å²) in [6.07, 6.45) is 0.428. The van der Waals surface area contributed by atoms with Crippen molar-refractivity contribution >= 4 is 33.4 Å². The predicted molar refractivity (Wildman–Crippen MR) is 128 cm³/mol. The molecule has 0 fully saturated rings. The maximum Gasteiger partial charge on any atom is 0.332 e. The molecule has 0 bridgehead atoms. The van der Waals surface area contributed by atoms with E-state index in [9.17, 15) is 19.2 Å². The summed E-state index contributed by atoms with van der Waals surface area (Å²) in [4.78, 5) is 51.2. The number of nitrogens with one attached hydrogen (secondary N) is 1. The number of carbonyl (C=O) groups is 2. The van der Waals surface area contributed by atoms with Gasteiger partial charge < -0.3 is 15.8 Å². The average molecular weight is 473 g/mol. The van der Waals surface area contributed by atoms with Gasteiger partial charge in [-0.15, -0.1) is 11.3 Å². The molecule has 0 radical (unpaired) electrons. The lowest BCUT2D eigenvalue weighted by Crippen LogP contribution is -2.42. The van der Waals surface area contributed by atoms with Gasteiger partial charge in [0.15, 0.2) is 0 Å². The number of amides is 2. The summed E-state index contributed by atoms with van der Waals surface area (Å²) >= 11 is 1.09. The third kappa shape index (κ3) is 5.00. The van der Waals surface area contributed by atoms with Crippen LogP contribution < -0.4 is 27.0 Å². The van der Waals surface area contributed by atoms with Crippen molar-refractivity contribution in [3.8, 4) is 5.75 Å². The quantitative estimate of drug-likeness (QED) is 0.491. The second kappa shape index (κ2) is 10.0. The van der Waals surface area contributed by atoms with Crippen LogP contribution in [0.4, 0.5) is 0 Å². The number of nitrogens with two attached hydrogens (primary N) is 1. The van der Waals surface area contributed by atoms with E-state index in [4.69, 9.17) is 10.5 Å². The number of hydrogen-bond donors (Lipinski definition) is 2. The fourth-order valence-electron chi connectivity index (χ4n) is 3.66. The number of aromatic nitrogens is 2. The van der Waals surface area contributed by atoms with Crippen LogP contribution in [0.1, 0.15) is 41.6 Å². The summed E-state index contributed by atoms with van der Waals surface area (Å²) in [5.41, 5.74) is 5.40. The monoisotopic (exact) mass is 472 g/mol. The number of nitrogens with zero attached hydrogens (tertiary/aromatic N) is 2. The van der Waals surface area contributed by atoms with Gasteiger partial charge in [0.2, 0.25) is 5.91 Å². The minimum Gasteiger partial charge on any atom is -0.491 e. The van der Waals surface area contributed by atoms with Crippen molar-refractivity contribution in [3.63, 3.8) is 0 Å². The van der Waals surface area contributed by atoms with Crippen molar-refractivity contribution in [1.29, 1.82) is 0 Å². The van der Waals surface area contributed by atoms with Crippen molar-refractivity contribution in [1.82, 2.24) is 14.5 Å². The first kappa shape index (κ1) is 24.2. The van der Waals surface area contributed by atoms with Crippen LogP contribution in [-0.4, -0.2) is 33.6 Å². The summed E-state index contributed by atoms with van der Waals surface area (Å²) in [7, 11) is 0. The third-order valence-corrected chi connectivity index (χ3v) is 6.41. The second-order valence-electron chi connectivity index (χ2n) is 7.91. The number of hydrogen-bond acceptors (Lipinski definition) is 6. The van der Waals surface area contributed by atoms with Gasteiger partial charge in [0.25, 0.3) is 11.5 Å². The maximum atomic E-state index is 13.2. The summed E-state index contributed by atoms with van der Waals surface area (Å²) in [6.45, 7) is 7.45. The molecule has 0 aliphatic heterocycles. The lowest BCUT2D eigenvalue weighted by Gasteiger charge is -2.15. The molecule has 33 heavy (non-hydrogen) atoms. The highest BCUT2D eigenvalue weighted by Gasteiger charge is 2.23. The molecule has 0 spiro atoms. The molecule has 0 aliphatic rings. The fraction of sp³-hybridized carbons (Fsp3) is 0.391. The van der Waals surface area contributed by atoms with E-state index >= 15 is 0 Å². The average Bonchev–Trinajstić information content (AvgIpc) is 3.09. The van der Waals surface area contributed by atoms with Crippen molar-refractivity contribution in [2.45, 2.75) is 53.3 Å². The molecule has 2 heterocycles. The Kier molecular flexibility index (Phi) is 7.37. The third-order valence-electron chi connectivity index (χ3n) is 5.09. The number of carbonyl (C=O) groups excluding carboxylic acids is 2. The van der Waals surface area contributed by atoms with Crippen molar-refractivity contribution in [2.24, 2.45) is 5.73 Å². The molecular formula is C23H28N4O5S. The molecule has 3 rings (SSSR count). The van der Waals surface area contributed by atoms with E-state index in [0.717, 1.165) is 21.5 Å². The smallest absolute Gasteiger partial charge is 0.332 e. The van der Waals surface area contributed by atoms with Crippen LogP contribution in [0, 0.1) is 6.92 Å². The van der Waals surface area contributed by atoms with Gasteiger partial charge in [0, 0.05) is 13.1 Å². The van der Waals surface area contributed by atoms with Crippen molar-refractivity contribution in [2.75, 3.05) is 6.54 Å². The molecule has 0 atom stereocenters. The number of rotatable bonds is 9. The van der Waals surface area contributed by atoms with Crippen LogP contribution in [-0.2, 0) is 24.3 Å². The number of primary amides is 1. The van der Waals surface area contributed by atoms with Gasteiger partial charge in [-0.1, -0.05) is 18.2 Å². The predicted octanol–water partition coefficient (Wildman–Crippen LogP) is 1.80. The Hall–Kier alpha value is -3.40. The van der Waals surface area contributed by atoms with Crippen LogP contribution in [0.5, 0.6) is 5.75 Å².